The Kier molecular flexibility index (Phi) is 4.04. The summed E-state index contributed by atoms with van der Waals surface area (Å²) in [5.41, 5.74) is 0. The van der Waals surface area contributed by atoms with Gasteiger partial charge >= 0.3 is 0 Å². The van der Waals surface area contributed by atoms with Crippen molar-refractivity contribution in [3.05, 3.63) is 0 Å². The molecule has 0 saturated carbocycles. The summed E-state index contributed by atoms with van der Waals surface area (Å²) in [6.45, 7) is 3.65. The quantitative estimate of drug-likeness (QED) is 0.701. The number of nitrogens with one attached hydrogen (secondary N) is 1. The van der Waals surface area contributed by atoms with E-state index in [1.807, 2.05) is 0 Å². The number of nitrogens with zero attached hydrogens (tertiary/aromatic N) is 1. The molecule has 0 aromatic heterocycles. The second-order valence-corrected chi connectivity index (χ2v) is 5.29. The second-order valence-electron chi connectivity index (χ2n) is 5.29. The summed E-state index contributed by atoms with van der Waals surface area (Å²) in [6, 6.07) is 2.60. The minimum absolute atomic E-state index is 0.796. The van der Waals surface area contributed by atoms with Crippen molar-refractivity contribution >= 4 is 0 Å². The van der Waals surface area contributed by atoms with E-state index < -0.39 is 0 Å². The van der Waals surface area contributed by atoms with Crippen molar-refractivity contribution in [2.45, 2.75) is 70.0 Å². The van der Waals surface area contributed by atoms with Crippen LogP contribution in [0.2, 0.25) is 0 Å². The Labute approximate surface area is 94.4 Å². The van der Waals surface area contributed by atoms with E-state index in [9.17, 15) is 0 Å². The van der Waals surface area contributed by atoms with Crippen LogP contribution in [0, 0.1) is 0 Å². The molecule has 0 aliphatic carbocycles. The lowest BCUT2D eigenvalue weighted by atomic mass is 9.97. The van der Waals surface area contributed by atoms with Crippen LogP contribution in [-0.4, -0.2) is 36.6 Å². The monoisotopic (exact) mass is 210 g/mol. The van der Waals surface area contributed by atoms with Crippen LogP contribution >= 0.6 is 0 Å². The summed E-state index contributed by atoms with van der Waals surface area (Å²) in [7, 11) is 2.12. The molecular formula is C13H26N2. The van der Waals surface area contributed by atoms with Crippen molar-refractivity contribution in [3.63, 3.8) is 0 Å². The highest BCUT2D eigenvalue weighted by atomic mass is 15.2. The van der Waals surface area contributed by atoms with Crippen LogP contribution in [0.5, 0.6) is 0 Å². The van der Waals surface area contributed by atoms with Gasteiger partial charge in [-0.05, 0) is 45.7 Å². The van der Waals surface area contributed by atoms with Crippen molar-refractivity contribution in [1.29, 1.82) is 0 Å². The highest BCUT2D eigenvalue weighted by Gasteiger charge is 2.39. The maximum Gasteiger partial charge on any atom is 0.0114 e. The molecular weight excluding hydrogens is 184 g/mol. The molecule has 2 heterocycles. The van der Waals surface area contributed by atoms with Crippen LogP contribution in [-0.2, 0) is 0 Å². The summed E-state index contributed by atoms with van der Waals surface area (Å²) < 4.78 is 0. The van der Waals surface area contributed by atoms with Gasteiger partial charge in [-0.15, -0.1) is 0 Å². The molecule has 0 aromatic carbocycles. The van der Waals surface area contributed by atoms with Gasteiger partial charge in [0.25, 0.3) is 0 Å². The highest BCUT2D eigenvalue weighted by molar-refractivity contribution is 4.96. The van der Waals surface area contributed by atoms with E-state index >= 15 is 0 Å². The van der Waals surface area contributed by atoms with Crippen LogP contribution in [0.3, 0.4) is 0 Å². The molecule has 2 heteroatoms. The Bertz CT molecular complexity index is 179. The first kappa shape index (κ1) is 11.4. The van der Waals surface area contributed by atoms with E-state index in [1.54, 1.807) is 0 Å². The van der Waals surface area contributed by atoms with Gasteiger partial charge in [-0.25, -0.2) is 0 Å². The zero-order chi connectivity index (χ0) is 10.7. The standard InChI is InChI=1S/C13H26N2/c1-3-4-5-8-15-12-6-7-13(15)10-11(9-12)14-2/h11-14H,3-10H2,1-2H3. The van der Waals surface area contributed by atoms with Crippen molar-refractivity contribution < 1.29 is 0 Å². The Balaban J connectivity index is 1.82. The van der Waals surface area contributed by atoms with E-state index in [2.05, 4.69) is 24.2 Å². The maximum absolute atomic E-state index is 3.47. The lowest BCUT2D eigenvalue weighted by Crippen LogP contribution is -2.48. The molecule has 2 atom stereocenters. The minimum atomic E-state index is 0.796. The molecule has 2 unspecified atom stereocenters. The molecule has 0 spiro atoms. The van der Waals surface area contributed by atoms with Crippen LogP contribution < -0.4 is 5.32 Å². The third-order valence-electron chi connectivity index (χ3n) is 4.31. The van der Waals surface area contributed by atoms with Crippen molar-refractivity contribution in [2.24, 2.45) is 0 Å². The predicted molar refractivity (Wildman–Crippen MR) is 65.1 cm³/mol. The van der Waals surface area contributed by atoms with Crippen molar-refractivity contribution in [3.8, 4) is 0 Å². The van der Waals surface area contributed by atoms with E-state index in [4.69, 9.17) is 0 Å². The van der Waals surface area contributed by atoms with Crippen LogP contribution in [0.25, 0.3) is 0 Å². The van der Waals surface area contributed by atoms with Gasteiger partial charge in [0, 0.05) is 18.1 Å². The average molecular weight is 210 g/mol. The SMILES string of the molecule is CCCCCN1C2CCC1CC(NC)C2. The first-order valence-corrected chi connectivity index (χ1v) is 6.78. The van der Waals surface area contributed by atoms with Gasteiger partial charge in [-0.2, -0.15) is 0 Å². The summed E-state index contributed by atoms with van der Waals surface area (Å²) in [5, 5.41) is 3.47. The maximum atomic E-state index is 3.47. The third kappa shape index (κ3) is 2.54. The fourth-order valence-corrected chi connectivity index (χ4v) is 3.42. The normalized spacial score (nSPS) is 36.0. The number of piperidine rings is 1. The number of hydrogen-bond acceptors (Lipinski definition) is 2. The summed E-state index contributed by atoms with van der Waals surface area (Å²) >= 11 is 0. The van der Waals surface area contributed by atoms with E-state index in [1.165, 1.54) is 51.5 Å². The number of unbranched alkanes of at least 4 members (excludes halogenated alkanes) is 2. The molecule has 2 bridgehead atoms. The molecule has 88 valence electrons. The molecule has 0 amide bonds. The van der Waals surface area contributed by atoms with Gasteiger partial charge in [0.15, 0.2) is 0 Å². The molecule has 2 aliphatic heterocycles. The number of rotatable bonds is 5. The highest BCUT2D eigenvalue weighted by Crippen LogP contribution is 2.35. The lowest BCUT2D eigenvalue weighted by molar-refractivity contribution is 0.117. The zero-order valence-electron chi connectivity index (χ0n) is 10.3. The van der Waals surface area contributed by atoms with Gasteiger partial charge in [-0.1, -0.05) is 19.8 Å². The van der Waals surface area contributed by atoms with Gasteiger partial charge in [0.2, 0.25) is 0 Å². The van der Waals surface area contributed by atoms with Gasteiger partial charge in [0.05, 0.1) is 0 Å². The molecule has 2 saturated heterocycles. The minimum Gasteiger partial charge on any atom is -0.317 e. The predicted octanol–water partition coefficient (Wildman–Crippen LogP) is 2.39. The molecule has 15 heavy (non-hydrogen) atoms. The molecule has 2 rings (SSSR count). The second kappa shape index (κ2) is 5.31. The third-order valence-corrected chi connectivity index (χ3v) is 4.31. The molecule has 2 fully saturated rings. The van der Waals surface area contributed by atoms with Gasteiger partial charge in [-0.3, -0.25) is 4.90 Å². The fraction of sp³-hybridized carbons (Fsp3) is 1.00. The lowest BCUT2D eigenvalue weighted by Gasteiger charge is -2.39. The fourth-order valence-electron chi connectivity index (χ4n) is 3.42. The van der Waals surface area contributed by atoms with Crippen LogP contribution in [0.15, 0.2) is 0 Å². The Morgan fingerprint density at radius 3 is 2.33 bits per heavy atom. The first-order valence-electron chi connectivity index (χ1n) is 6.78. The molecule has 0 radical (unpaired) electrons. The van der Waals surface area contributed by atoms with Gasteiger partial charge in [0.1, 0.15) is 0 Å². The van der Waals surface area contributed by atoms with Gasteiger partial charge < -0.3 is 5.32 Å². The first-order chi connectivity index (χ1) is 7.35. The van der Waals surface area contributed by atoms with E-state index in [0.717, 1.165) is 18.1 Å². The Hall–Kier alpha value is -0.0800. The van der Waals surface area contributed by atoms with E-state index in [0.29, 0.717) is 0 Å². The molecule has 0 aromatic rings. The topological polar surface area (TPSA) is 15.3 Å². The summed E-state index contributed by atoms with van der Waals surface area (Å²) in [5.74, 6) is 0. The Morgan fingerprint density at radius 1 is 1.13 bits per heavy atom. The van der Waals surface area contributed by atoms with Crippen molar-refractivity contribution in [2.75, 3.05) is 13.6 Å². The largest absolute Gasteiger partial charge is 0.317 e. The van der Waals surface area contributed by atoms with E-state index in [-0.39, 0.29) is 0 Å². The van der Waals surface area contributed by atoms with Crippen molar-refractivity contribution in [1.82, 2.24) is 10.2 Å². The van der Waals surface area contributed by atoms with Crippen LogP contribution in [0.1, 0.15) is 51.9 Å². The molecule has 1 N–H and O–H groups in total. The summed E-state index contributed by atoms with van der Waals surface area (Å²) in [4.78, 5) is 2.81. The summed E-state index contributed by atoms with van der Waals surface area (Å²) in [6.07, 6.45) is 9.85. The zero-order valence-corrected chi connectivity index (χ0v) is 10.3. The number of fused-ring (bicyclic) bond motifs is 2. The molecule has 2 aliphatic rings. The van der Waals surface area contributed by atoms with Crippen LogP contribution in [0.4, 0.5) is 0 Å². The molecule has 2 nitrogen and oxygen atoms in total. The average Bonchev–Trinajstić information content (AvgIpc) is 2.51. The number of hydrogen-bond donors (Lipinski definition) is 1. The Morgan fingerprint density at radius 2 is 1.80 bits per heavy atom. The smallest absolute Gasteiger partial charge is 0.0114 e.